The summed E-state index contributed by atoms with van der Waals surface area (Å²) >= 11 is 0. The molecule has 7 nitrogen and oxygen atoms in total. The molecule has 0 bridgehead atoms. The Kier molecular flexibility index (Phi) is 5.35. The maximum atomic E-state index is 14.6. The third-order valence-electron chi connectivity index (χ3n) is 7.21. The first-order valence-electron chi connectivity index (χ1n) is 11.5. The monoisotopic (exact) mass is 443 g/mol. The van der Waals surface area contributed by atoms with Gasteiger partial charge < -0.3 is 24.1 Å². The van der Waals surface area contributed by atoms with E-state index in [0.29, 0.717) is 37.0 Å². The average molecular weight is 444 g/mol. The fraction of sp³-hybridized carbons (Fsp3) is 0.583. The van der Waals surface area contributed by atoms with Crippen molar-refractivity contribution in [3.05, 3.63) is 35.5 Å². The number of carbonyl (C=O) groups excluding carboxylic acids is 1. The number of rotatable bonds is 8. The fourth-order valence-corrected chi connectivity index (χ4v) is 4.97. The minimum absolute atomic E-state index is 0.0976. The zero-order chi connectivity index (χ0) is 22.5. The first-order chi connectivity index (χ1) is 15.4. The van der Waals surface area contributed by atoms with Gasteiger partial charge in [0.1, 0.15) is 11.4 Å². The van der Waals surface area contributed by atoms with Crippen LogP contribution in [0.2, 0.25) is 0 Å². The fourth-order valence-electron chi connectivity index (χ4n) is 4.97. The highest BCUT2D eigenvalue weighted by molar-refractivity contribution is 6.03. The molecule has 2 aliphatic carbocycles. The second-order valence-electron chi connectivity index (χ2n) is 9.28. The first-order valence-corrected chi connectivity index (χ1v) is 11.5. The van der Waals surface area contributed by atoms with Gasteiger partial charge in [-0.1, -0.05) is 13.8 Å². The number of halogens is 1. The molecule has 2 heterocycles. The Balaban J connectivity index is 1.24. The van der Waals surface area contributed by atoms with Crippen LogP contribution in [0.25, 0.3) is 0 Å². The van der Waals surface area contributed by atoms with Crippen molar-refractivity contribution in [2.75, 3.05) is 30.4 Å². The number of hydrogen-bond donors (Lipinski definition) is 1. The summed E-state index contributed by atoms with van der Waals surface area (Å²) in [4.78, 5) is 19.2. The van der Waals surface area contributed by atoms with Crippen molar-refractivity contribution in [3.63, 3.8) is 0 Å². The quantitative estimate of drug-likeness (QED) is 0.651. The number of carbonyl (C=O) groups is 1. The van der Waals surface area contributed by atoms with Gasteiger partial charge in [0.25, 0.3) is 11.9 Å². The van der Waals surface area contributed by atoms with Crippen molar-refractivity contribution in [1.82, 2.24) is 4.98 Å². The van der Waals surface area contributed by atoms with Crippen LogP contribution in [-0.2, 0) is 11.2 Å². The van der Waals surface area contributed by atoms with Crippen LogP contribution in [0.1, 0.15) is 55.8 Å². The smallest absolute Gasteiger partial charge is 0.298 e. The number of amides is 1. The molecule has 1 aromatic carbocycles. The molecule has 32 heavy (non-hydrogen) atoms. The van der Waals surface area contributed by atoms with Crippen molar-refractivity contribution in [1.29, 1.82) is 0 Å². The topological polar surface area (TPSA) is 76.8 Å². The van der Waals surface area contributed by atoms with Crippen LogP contribution in [-0.4, -0.2) is 42.8 Å². The Morgan fingerprint density at radius 2 is 2.03 bits per heavy atom. The van der Waals surface area contributed by atoms with E-state index >= 15 is 0 Å². The summed E-state index contributed by atoms with van der Waals surface area (Å²) in [6, 6.07) is 4.94. The number of hydrogen-bond acceptors (Lipinski definition) is 6. The maximum Gasteiger partial charge on any atom is 0.298 e. The zero-order valence-corrected chi connectivity index (χ0v) is 18.8. The number of methoxy groups -OCH3 is 1. The number of aryl methyl sites for hydroxylation is 1. The van der Waals surface area contributed by atoms with Crippen molar-refractivity contribution in [2.45, 2.75) is 57.7 Å². The maximum absolute atomic E-state index is 14.6. The lowest BCUT2D eigenvalue weighted by Gasteiger charge is -2.47. The van der Waals surface area contributed by atoms with E-state index in [9.17, 15) is 9.18 Å². The molecule has 1 N–H and O–H groups in total. The normalized spacial score (nSPS) is 25.2. The third kappa shape index (κ3) is 3.85. The van der Waals surface area contributed by atoms with E-state index in [4.69, 9.17) is 13.9 Å². The van der Waals surface area contributed by atoms with Crippen LogP contribution in [0.3, 0.4) is 0 Å². The molecule has 1 aromatic heterocycles. The van der Waals surface area contributed by atoms with Gasteiger partial charge in [0, 0.05) is 25.3 Å². The van der Waals surface area contributed by atoms with Gasteiger partial charge in [0.2, 0.25) is 0 Å². The minimum Gasteiger partial charge on any atom is -0.487 e. The van der Waals surface area contributed by atoms with Gasteiger partial charge in [-0.2, -0.15) is 4.98 Å². The average Bonchev–Trinajstić information content (AvgIpc) is 3.17. The highest BCUT2D eigenvalue weighted by Gasteiger charge is 2.47. The summed E-state index contributed by atoms with van der Waals surface area (Å²) in [7, 11) is 1.71. The first kappa shape index (κ1) is 21.2. The van der Waals surface area contributed by atoms with Gasteiger partial charge >= 0.3 is 0 Å². The number of oxazole rings is 1. The number of ether oxygens (including phenoxy) is 2. The number of aromatic nitrogens is 1. The molecule has 172 valence electrons. The number of nitrogens with one attached hydrogen (secondary N) is 1. The molecule has 5 rings (SSSR count). The van der Waals surface area contributed by atoms with Gasteiger partial charge in [0.15, 0.2) is 17.3 Å². The summed E-state index contributed by atoms with van der Waals surface area (Å²) in [6.07, 6.45) is 4.83. The highest BCUT2D eigenvalue weighted by Crippen LogP contribution is 2.52. The van der Waals surface area contributed by atoms with E-state index in [1.807, 2.05) is 11.8 Å². The Morgan fingerprint density at radius 3 is 2.66 bits per heavy atom. The van der Waals surface area contributed by atoms with E-state index in [0.717, 1.165) is 31.1 Å². The largest absolute Gasteiger partial charge is 0.487 e. The highest BCUT2D eigenvalue weighted by atomic mass is 19.1. The number of fused-ring (bicyclic) bond motifs is 1. The summed E-state index contributed by atoms with van der Waals surface area (Å²) in [6.45, 7) is 5.32. The second-order valence-corrected chi connectivity index (χ2v) is 9.28. The van der Waals surface area contributed by atoms with Crippen LogP contribution >= 0.6 is 0 Å². The lowest BCUT2D eigenvalue weighted by atomic mass is 9.91. The molecule has 3 aliphatic rings. The molecule has 8 heteroatoms. The van der Waals surface area contributed by atoms with Crippen LogP contribution in [0.5, 0.6) is 5.75 Å². The van der Waals surface area contributed by atoms with E-state index in [1.54, 1.807) is 19.2 Å². The Bertz CT molecular complexity index is 1000. The molecule has 2 unspecified atom stereocenters. The molecule has 2 aromatic rings. The molecule has 1 saturated heterocycles. The number of nitrogens with zero attached hydrogens (tertiary/aromatic N) is 2. The molecule has 3 fully saturated rings. The lowest BCUT2D eigenvalue weighted by Crippen LogP contribution is -2.62. The Labute approximate surface area is 187 Å². The molecule has 1 aliphatic heterocycles. The predicted octanol–water partition coefficient (Wildman–Crippen LogP) is 4.42. The molecule has 2 saturated carbocycles. The number of anilines is 2. The standard InChI is InChI=1S/C24H30FN3O4/c1-4-19-21(27-23(32-19)28-12-24(5-2,13-28)30-3)22(29)26-16-6-7-20(18(25)11-16)31-17-9-14-8-15(14)10-17/h6-7,11,14-15,17H,4-5,8-10,12-13H2,1-3H3,(H,26,29)/t14-,15?,17?/m0/s1. The summed E-state index contributed by atoms with van der Waals surface area (Å²) in [5, 5.41) is 2.74. The van der Waals surface area contributed by atoms with Crippen LogP contribution in [0.4, 0.5) is 16.1 Å². The van der Waals surface area contributed by atoms with Crippen LogP contribution in [0.15, 0.2) is 22.6 Å². The third-order valence-corrected chi connectivity index (χ3v) is 7.21. The molecule has 1 amide bonds. The van der Waals surface area contributed by atoms with Crippen molar-refractivity contribution >= 4 is 17.6 Å². The van der Waals surface area contributed by atoms with E-state index in [2.05, 4.69) is 17.2 Å². The minimum atomic E-state index is -0.476. The molecular weight excluding hydrogens is 413 g/mol. The zero-order valence-electron chi connectivity index (χ0n) is 18.8. The SMILES string of the molecule is CCc1oc(N2CC(CC)(OC)C2)nc1C(=O)Nc1ccc(OC2CC3C[C@H]3C2)c(F)c1. The van der Waals surface area contributed by atoms with Gasteiger partial charge in [-0.25, -0.2) is 4.39 Å². The van der Waals surface area contributed by atoms with E-state index < -0.39 is 11.7 Å². The van der Waals surface area contributed by atoms with E-state index in [-0.39, 0.29) is 23.1 Å². The lowest BCUT2D eigenvalue weighted by molar-refractivity contribution is -0.0379. The molecule has 0 spiro atoms. The number of benzene rings is 1. The summed E-state index contributed by atoms with van der Waals surface area (Å²) in [5.74, 6) is 1.38. The predicted molar refractivity (Wildman–Crippen MR) is 118 cm³/mol. The van der Waals surface area contributed by atoms with Gasteiger partial charge in [-0.15, -0.1) is 0 Å². The van der Waals surface area contributed by atoms with Crippen molar-refractivity contribution in [2.24, 2.45) is 11.8 Å². The molecule has 3 atom stereocenters. The van der Waals surface area contributed by atoms with Crippen molar-refractivity contribution in [3.8, 4) is 5.75 Å². The molecule has 0 radical (unpaired) electrons. The Morgan fingerprint density at radius 1 is 1.28 bits per heavy atom. The molecular formula is C24H30FN3O4. The van der Waals surface area contributed by atoms with Gasteiger partial charge in [0.05, 0.1) is 19.2 Å². The Hall–Kier alpha value is -2.61. The van der Waals surface area contributed by atoms with Gasteiger partial charge in [-0.05, 0) is 49.7 Å². The van der Waals surface area contributed by atoms with Crippen molar-refractivity contribution < 1.29 is 23.1 Å². The van der Waals surface area contributed by atoms with Crippen LogP contribution < -0.4 is 15.0 Å². The second kappa shape index (κ2) is 8.06. The van der Waals surface area contributed by atoms with E-state index in [1.165, 1.54) is 12.5 Å². The van der Waals surface area contributed by atoms with Crippen LogP contribution in [0, 0.1) is 17.7 Å². The van der Waals surface area contributed by atoms with Gasteiger partial charge in [-0.3, -0.25) is 4.79 Å². The summed E-state index contributed by atoms with van der Waals surface area (Å²) in [5.41, 5.74) is 0.387. The summed E-state index contributed by atoms with van der Waals surface area (Å²) < 4.78 is 31.9.